The summed E-state index contributed by atoms with van der Waals surface area (Å²) in [6, 6.07) is 5.66. The van der Waals surface area contributed by atoms with Gasteiger partial charge in [-0.05, 0) is 6.07 Å². The molecule has 0 spiro atoms. The average Bonchev–Trinajstić information content (AvgIpc) is 3.23. The molecule has 1 saturated heterocycles. The van der Waals surface area contributed by atoms with E-state index < -0.39 is 11.4 Å². The molecule has 2 aromatic rings. The van der Waals surface area contributed by atoms with Gasteiger partial charge in [0.25, 0.3) is 0 Å². The molecule has 7 heteroatoms. The quantitative estimate of drug-likeness (QED) is 0.875. The number of imidazole rings is 1. The van der Waals surface area contributed by atoms with Gasteiger partial charge in [-0.25, -0.2) is 4.98 Å². The standard InChI is InChI=1S/C19H23N3O4/c1-21-8-6-20-17(21)5-7-22-10-15-14-4-3-13(25-2)9-16(14)26-12-19(15,11-22)18(23)24/h3-4,6,8-9,15H,5,7,10-12H2,1-2H3,(H,23,24)/t15-,19-/m1/s1. The zero-order valence-electron chi connectivity index (χ0n) is 15.0. The molecule has 0 radical (unpaired) electrons. The summed E-state index contributed by atoms with van der Waals surface area (Å²) >= 11 is 0. The first-order valence-electron chi connectivity index (χ1n) is 8.76. The molecular weight excluding hydrogens is 334 g/mol. The van der Waals surface area contributed by atoms with Crippen molar-refractivity contribution < 1.29 is 19.4 Å². The largest absolute Gasteiger partial charge is 0.497 e. The maximum Gasteiger partial charge on any atom is 0.315 e. The minimum Gasteiger partial charge on any atom is -0.497 e. The van der Waals surface area contributed by atoms with E-state index in [9.17, 15) is 9.90 Å². The number of nitrogens with zero attached hydrogens (tertiary/aromatic N) is 3. The number of hydrogen-bond donors (Lipinski definition) is 1. The number of methoxy groups -OCH3 is 1. The normalized spacial score (nSPS) is 24.6. The monoisotopic (exact) mass is 357 g/mol. The zero-order valence-corrected chi connectivity index (χ0v) is 15.0. The number of hydrogen-bond acceptors (Lipinski definition) is 5. The second kappa shape index (κ2) is 6.32. The van der Waals surface area contributed by atoms with Crippen molar-refractivity contribution in [2.24, 2.45) is 12.5 Å². The second-order valence-electron chi connectivity index (χ2n) is 7.15. The van der Waals surface area contributed by atoms with Gasteiger partial charge >= 0.3 is 5.97 Å². The minimum atomic E-state index is -0.900. The summed E-state index contributed by atoms with van der Waals surface area (Å²) in [5, 5.41) is 9.99. The SMILES string of the molecule is COc1ccc2c(c1)OC[C@]1(C(=O)O)CN(CCc3nccn3C)C[C@H]21. The van der Waals surface area contributed by atoms with E-state index in [2.05, 4.69) is 9.88 Å². The van der Waals surface area contributed by atoms with Gasteiger partial charge in [0.05, 0.1) is 7.11 Å². The van der Waals surface area contributed by atoms with E-state index in [1.54, 1.807) is 13.3 Å². The Morgan fingerprint density at radius 1 is 1.50 bits per heavy atom. The second-order valence-corrected chi connectivity index (χ2v) is 7.15. The Kier molecular flexibility index (Phi) is 4.11. The highest BCUT2D eigenvalue weighted by molar-refractivity contribution is 5.78. The van der Waals surface area contributed by atoms with E-state index in [1.807, 2.05) is 36.0 Å². The number of likely N-dealkylation sites (tertiary alicyclic amines) is 1. The molecule has 0 amide bonds. The summed E-state index contributed by atoms with van der Waals surface area (Å²) in [6.07, 6.45) is 4.51. The zero-order chi connectivity index (χ0) is 18.3. The predicted molar refractivity (Wildman–Crippen MR) is 94.7 cm³/mol. The average molecular weight is 357 g/mol. The summed E-state index contributed by atoms with van der Waals surface area (Å²) in [7, 11) is 3.59. The molecule has 0 aliphatic carbocycles. The van der Waals surface area contributed by atoms with Crippen molar-refractivity contribution in [1.29, 1.82) is 0 Å². The van der Waals surface area contributed by atoms with Gasteiger partial charge in [0.15, 0.2) is 0 Å². The Morgan fingerprint density at radius 2 is 2.35 bits per heavy atom. The van der Waals surface area contributed by atoms with Crippen molar-refractivity contribution in [3.63, 3.8) is 0 Å². The number of aryl methyl sites for hydroxylation is 1. The van der Waals surface area contributed by atoms with Crippen LogP contribution >= 0.6 is 0 Å². The van der Waals surface area contributed by atoms with Gasteiger partial charge in [0.2, 0.25) is 0 Å². The molecule has 0 unspecified atom stereocenters. The van der Waals surface area contributed by atoms with Crippen molar-refractivity contribution in [3.05, 3.63) is 42.0 Å². The third-order valence-corrected chi connectivity index (χ3v) is 5.69. The lowest BCUT2D eigenvalue weighted by molar-refractivity contribution is -0.151. The molecule has 1 aromatic heterocycles. The van der Waals surface area contributed by atoms with Crippen molar-refractivity contribution in [3.8, 4) is 11.5 Å². The van der Waals surface area contributed by atoms with Crippen LogP contribution < -0.4 is 9.47 Å². The first-order chi connectivity index (χ1) is 12.5. The molecule has 138 valence electrons. The van der Waals surface area contributed by atoms with Crippen LogP contribution in [0.4, 0.5) is 0 Å². The number of aliphatic carboxylic acids is 1. The molecule has 2 aliphatic heterocycles. The number of rotatable bonds is 5. The number of carbonyl (C=O) groups is 1. The molecule has 0 bridgehead atoms. The highest BCUT2D eigenvalue weighted by Crippen LogP contribution is 2.50. The predicted octanol–water partition coefficient (Wildman–Crippen LogP) is 1.53. The minimum absolute atomic E-state index is 0.0870. The van der Waals surface area contributed by atoms with E-state index in [4.69, 9.17) is 9.47 Å². The summed E-state index contributed by atoms with van der Waals surface area (Å²) in [6.45, 7) is 2.16. The highest BCUT2D eigenvalue weighted by Gasteiger charge is 2.56. The van der Waals surface area contributed by atoms with Crippen LogP contribution in [0.5, 0.6) is 11.5 Å². The molecule has 26 heavy (non-hydrogen) atoms. The molecule has 7 nitrogen and oxygen atoms in total. The molecule has 1 fully saturated rings. The van der Waals surface area contributed by atoms with Crippen LogP contribution in [0, 0.1) is 5.41 Å². The van der Waals surface area contributed by atoms with Gasteiger partial charge in [-0.3, -0.25) is 4.79 Å². The van der Waals surface area contributed by atoms with E-state index in [-0.39, 0.29) is 12.5 Å². The lowest BCUT2D eigenvalue weighted by atomic mass is 9.73. The fourth-order valence-electron chi connectivity index (χ4n) is 4.15. The summed E-state index contributed by atoms with van der Waals surface area (Å²) in [5.74, 6) is 1.58. The van der Waals surface area contributed by atoms with E-state index in [1.165, 1.54) is 0 Å². The number of carboxylic acid groups (broad SMARTS) is 1. The van der Waals surface area contributed by atoms with Crippen LogP contribution in [0.3, 0.4) is 0 Å². The molecule has 2 atom stereocenters. The highest BCUT2D eigenvalue weighted by atomic mass is 16.5. The Hall–Kier alpha value is -2.54. The first-order valence-corrected chi connectivity index (χ1v) is 8.76. The molecule has 2 aliphatic rings. The van der Waals surface area contributed by atoms with Gasteiger partial charge in [0, 0.05) is 63.0 Å². The fourth-order valence-corrected chi connectivity index (χ4v) is 4.15. The van der Waals surface area contributed by atoms with Crippen molar-refractivity contribution in [1.82, 2.24) is 14.5 Å². The maximum absolute atomic E-state index is 12.2. The van der Waals surface area contributed by atoms with E-state index in [0.717, 1.165) is 35.9 Å². The number of carboxylic acids is 1. The molecule has 4 rings (SSSR count). The van der Waals surface area contributed by atoms with E-state index in [0.29, 0.717) is 13.1 Å². The molecule has 0 saturated carbocycles. The van der Waals surface area contributed by atoms with Gasteiger partial charge in [-0.2, -0.15) is 0 Å². The van der Waals surface area contributed by atoms with Crippen LogP contribution in [0.25, 0.3) is 0 Å². The van der Waals surface area contributed by atoms with Crippen LogP contribution in [0.2, 0.25) is 0 Å². The summed E-state index contributed by atoms with van der Waals surface area (Å²) in [4.78, 5) is 18.8. The van der Waals surface area contributed by atoms with Crippen LogP contribution in [-0.2, 0) is 18.3 Å². The fraction of sp³-hybridized carbons (Fsp3) is 0.474. The molecule has 1 aromatic carbocycles. The molecular formula is C19H23N3O4. The smallest absolute Gasteiger partial charge is 0.315 e. The maximum atomic E-state index is 12.2. The van der Waals surface area contributed by atoms with Crippen LogP contribution in [0.15, 0.2) is 30.6 Å². The van der Waals surface area contributed by atoms with Crippen LogP contribution in [-0.4, -0.2) is 58.9 Å². The Balaban J connectivity index is 1.58. The summed E-state index contributed by atoms with van der Waals surface area (Å²) < 4.78 is 13.1. The van der Waals surface area contributed by atoms with Gasteiger partial charge in [0.1, 0.15) is 29.3 Å². The number of fused-ring (bicyclic) bond motifs is 3. The molecule has 1 N–H and O–H groups in total. The van der Waals surface area contributed by atoms with Gasteiger partial charge in [-0.15, -0.1) is 0 Å². The Morgan fingerprint density at radius 3 is 3.04 bits per heavy atom. The lowest BCUT2D eigenvalue weighted by Gasteiger charge is -2.36. The van der Waals surface area contributed by atoms with Gasteiger partial charge in [-0.1, -0.05) is 6.07 Å². The lowest BCUT2D eigenvalue weighted by Crippen LogP contribution is -2.45. The number of ether oxygens (including phenoxy) is 2. The van der Waals surface area contributed by atoms with Gasteiger partial charge < -0.3 is 24.0 Å². The van der Waals surface area contributed by atoms with Crippen molar-refractivity contribution in [2.45, 2.75) is 12.3 Å². The van der Waals surface area contributed by atoms with Crippen molar-refractivity contribution in [2.75, 3.05) is 33.4 Å². The Bertz CT molecular complexity index is 834. The molecule has 3 heterocycles. The third kappa shape index (κ3) is 2.63. The first kappa shape index (κ1) is 16.9. The number of benzene rings is 1. The van der Waals surface area contributed by atoms with E-state index >= 15 is 0 Å². The summed E-state index contributed by atoms with van der Waals surface area (Å²) in [5.41, 5.74) is 0.0578. The Labute approximate surface area is 152 Å². The van der Waals surface area contributed by atoms with Crippen molar-refractivity contribution >= 4 is 5.97 Å². The third-order valence-electron chi connectivity index (χ3n) is 5.69. The topological polar surface area (TPSA) is 76.8 Å². The number of aromatic nitrogens is 2. The van der Waals surface area contributed by atoms with Crippen LogP contribution in [0.1, 0.15) is 17.3 Å².